The normalized spacial score (nSPS) is 18.2. The van der Waals surface area contributed by atoms with Crippen LogP contribution in [0, 0.1) is 21.4 Å². The lowest BCUT2D eigenvalue weighted by molar-refractivity contribution is -0.384. The molecular formula is C15H17N5O2. The van der Waals surface area contributed by atoms with Crippen molar-refractivity contribution in [2.45, 2.75) is 6.04 Å². The number of fused-ring (bicyclic) bond motifs is 1. The third-order valence-electron chi connectivity index (χ3n) is 4.23. The van der Waals surface area contributed by atoms with Gasteiger partial charge in [0.25, 0.3) is 5.69 Å². The number of nitrogens with zero attached hydrogens (tertiary/aromatic N) is 4. The average Bonchev–Trinajstić information content (AvgIpc) is 2.93. The molecule has 1 aliphatic rings. The fourth-order valence-corrected chi connectivity index (χ4v) is 2.90. The first-order valence-corrected chi connectivity index (χ1v) is 7.18. The second-order valence-electron chi connectivity index (χ2n) is 5.60. The van der Waals surface area contributed by atoms with Crippen molar-refractivity contribution in [2.75, 3.05) is 33.2 Å². The maximum Gasteiger partial charge on any atom is 0.270 e. The molecular weight excluding hydrogens is 282 g/mol. The Balaban J connectivity index is 1.98. The standard InChI is InChI=1S/C15H17N5O2/c1-18-4-6-19(7-5-18)15(9-16)13-10-17-14-3-2-11(20(21)22)8-12(13)14/h2-3,8,10,15,17H,4-7H2,1H3/t15-/m1/s1. The lowest BCUT2D eigenvalue weighted by atomic mass is 10.0. The van der Waals surface area contributed by atoms with Crippen LogP contribution in [-0.2, 0) is 0 Å². The summed E-state index contributed by atoms with van der Waals surface area (Å²) in [4.78, 5) is 18.0. The number of aromatic amines is 1. The number of nitro groups is 1. The summed E-state index contributed by atoms with van der Waals surface area (Å²) in [6, 6.07) is 6.67. The van der Waals surface area contributed by atoms with Crippen molar-refractivity contribution in [3.8, 4) is 6.07 Å². The molecule has 7 heteroatoms. The van der Waals surface area contributed by atoms with Gasteiger partial charge in [-0.1, -0.05) is 0 Å². The Labute approximate surface area is 127 Å². The van der Waals surface area contributed by atoms with Gasteiger partial charge in [-0.2, -0.15) is 5.26 Å². The van der Waals surface area contributed by atoms with Crippen molar-refractivity contribution < 1.29 is 4.92 Å². The van der Waals surface area contributed by atoms with E-state index < -0.39 is 4.92 Å². The van der Waals surface area contributed by atoms with Crippen LogP contribution in [0.3, 0.4) is 0 Å². The number of benzene rings is 1. The van der Waals surface area contributed by atoms with Crippen LogP contribution in [0.15, 0.2) is 24.4 Å². The van der Waals surface area contributed by atoms with Gasteiger partial charge in [0.05, 0.1) is 11.0 Å². The first-order chi connectivity index (χ1) is 10.6. The number of aromatic nitrogens is 1. The third-order valence-corrected chi connectivity index (χ3v) is 4.23. The number of non-ortho nitro benzene ring substituents is 1. The second kappa shape index (κ2) is 5.75. The molecule has 22 heavy (non-hydrogen) atoms. The SMILES string of the molecule is CN1CCN([C@H](C#N)c2c[nH]c3ccc([N+](=O)[O-])cc23)CC1. The van der Waals surface area contributed by atoms with Crippen LogP contribution in [0.5, 0.6) is 0 Å². The summed E-state index contributed by atoms with van der Waals surface area (Å²) in [6.07, 6.45) is 1.79. The largest absolute Gasteiger partial charge is 0.361 e. The Morgan fingerprint density at radius 2 is 2.09 bits per heavy atom. The van der Waals surface area contributed by atoms with Gasteiger partial charge in [-0.05, 0) is 13.1 Å². The van der Waals surface area contributed by atoms with Gasteiger partial charge >= 0.3 is 0 Å². The van der Waals surface area contributed by atoms with Gasteiger partial charge in [-0.3, -0.25) is 15.0 Å². The van der Waals surface area contributed by atoms with Crippen LogP contribution >= 0.6 is 0 Å². The Morgan fingerprint density at radius 1 is 1.36 bits per heavy atom. The molecule has 0 unspecified atom stereocenters. The van der Waals surface area contributed by atoms with Crippen molar-refractivity contribution in [2.24, 2.45) is 0 Å². The van der Waals surface area contributed by atoms with Crippen molar-refractivity contribution in [3.05, 3.63) is 40.1 Å². The number of nitriles is 1. The van der Waals surface area contributed by atoms with E-state index in [-0.39, 0.29) is 11.7 Å². The number of H-pyrrole nitrogens is 1. The molecule has 1 aromatic heterocycles. The van der Waals surface area contributed by atoms with E-state index >= 15 is 0 Å². The first kappa shape index (κ1) is 14.5. The summed E-state index contributed by atoms with van der Waals surface area (Å²) in [5, 5.41) is 21.3. The molecule has 1 saturated heterocycles. The van der Waals surface area contributed by atoms with Crippen molar-refractivity contribution >= 4 is 16.6 Å². The molecule has 0 aliphatic carbocycles. The molecule has 1 aromatic carbocycles. The number of nitrogens with one attached hydrogen (secondary N) is 1. The zero-order valence-electron chi connectivity index (χ0n) is 12.3. The molecule has 0 radical (unpaired) electrons. The fourth-order valence-electron chi connectivity index (χ4n) is 2.90. The van der Waals surface area contributed by atoms with Gasteiger partial charge in [-0.15, -0.1) is 0 Å². The maximum atomic E-state index is 11.0. The van der Waals surface area contributed by atoms with Crippen molar-refractivity contribution in [1.82, 2.24) is 14.8 Å². The van der Waals surface area contributed by atoms with Gasteiger partial charge in [0.15, 0.2) is 0 Å². The summed E-state index contributed by atoms with van der Waals surface area (Å²) in [5.74, 6) is 0. The molecule has 2 aromatic rings. The van der Waals surface area contributed by atoms with Gasteiger partial charge < -0.3 is 9.88 Å². The second-order valence-corrected chi connectivity index (χ2v) is 5.60. The minimum absolute atomic E-state index is 0.0448. The van der Waals surface area contributed by atoms with Gasteiger partial charge in [0, 0.05) is 61.0 Å². The number of rotatable bonds is 3. The van der Waals surface area contributed by atoms with Crippen molar-refractivity contribution in [1.29, 1.82) is 5.26 Å². The lowest BCUT2D eigenvalue weighted by Gasteiger charge is -2.34. The summed E-state index contributed by atoms with van der Waals surface area (Å²) >= 11 is 0. The highest BCUT2D eigenvalue weighted by Crippen LogP contribution is 2.31. The molecule has 0 spiro atoms. The van der Waals surface area contributed by atoms with E-state index in [0.717, 1.165) is 42.6 Å². The number of hydrogen-bond donors (Lipinski definition) is 1. The zero-order valence-corrected chi connectivity index (χ0v) is 12.3. The minimum atomic E-state index is -0.409. The average molecular weight is 299 g/mol. The number of hydrogen-bond acceptors (Lipinski definition) is 5. The Kier molecular flexibility index (Phi) is 3.79. The Hall–Kier alpha value is -2.43. The van der Waals surface area contributed by atoms with E-state index in [1.165, 1.54) is 6.07 Å². The first-order valence-electron chi connectivity index (χ1n) is 7.18. The van der Waals surface area contributed by atoms with E-state index in [9.17, 15) is 15.4 Å². The lowest BCUT2D eigenvalue weighted by Crippen LogP contribution is -2.45. The number of nitro benzene ring substituents is 1. The van der Waals surface area contributed by atoms with E-state index in [1.54, 1.807) is 18.3 Å². The third kappa shape index (κ3) is 2.54. The molecule has 2 heterocycles. The maximum absolute atomic E-state index is 11.0. The minimum Gasteiger partial charge on any atom is -0.361 e. The van der Waals surface area contributed by atoms with Gasteiger partial charge in [-0.25, -0.2) is 0 Å². The van der Waals surface area contributed by atoms with Crippen LogP contribution in [0.2, 0.25) is 0 Å². The van der Waals surface area contributed by atoms with Crippen molar-refractivity contribution in [3.63, 3.8) is 0 Å². The highest BCUT2D eigenvalue weighted by molar-refractivity contribution is 5.86. The topological polar surface area (TPSA) is 89.2 Å². The van der Waals surface area contributed by atoms with Gasteiger partial charge in [0.2, 0.25) is 0 Å². The van der Waals surface area contributed by atoms with E-state index in [4.69, 9.17) is 0 Å². The summed E-state index contributed by atoms with van der Waals surface area (Å²) < 4.78 is 0. The fraction of sp³-hybridized carbons (Fsp3) is 0.400. The molecule has 3 rings (SSSR count). The highest BCUT2D eigenvalue weighted by Gasteiger charge is 2.26. The number of piperazine rings is 1. The molecule has 1 fully saturated rings. The van der Waals surface area contributed by atoms with Crippen LogP contribution in [0.4, 0.5) is 5.69 Å². The molecule has 114 valence electrons. The molecule has 0 saturated carbocycles. The van der Waals surface area contributed by atoms with Crippen LogP contribution in [0.25, 0.3) is 10.9 Å². The monoisotopic (exact) mass is 299 g/mol. The van der Waals surface area contributed by atoms with E-state index in [1.807, 2.05) is 0 Å². The smallest absolute Gasteiger partial charge is 0.270 e. The van der Waals surface area contributed by atoms with Crippen LogP contribution < -0.4 is 0 Å². The van der Waals surface area contributed by atoms with E-state index in [0.29, 0.717) is 0 Å². The van der Waals surface area contributed by atoms with Gasteiger partial charge in [0.1, 0.15) is 6.04 Å². The quantitative estimate of drug-likeness (QED) is 0.690. The Bertz CT molecular complexity index is 740. The molecule has 0 amide bonds. The number of likely N-dealkylation sites (N-methyl/N-ethyl adjacent to an activating group) is 1. The van der Waals surface area contributed by atoms with Crippen LogP contribution in [0.1, 0.15) is 11.6 Å². The zero-order chi connectivity index (χ0) is 15.7. The molecule has 1 aliphatic heterocycles. The summed E-state index contributed by atoms with van der Waals surface area (Å²) in [5.41, 5.74) is 1.67. The van der Waals surface area contributed by atoms with E-state index in [2.05, 4.69) is 27.9 Å². The molecule has 1 N–H and O–H groups in total. The predicted octanol–water partition coefficient (Wildman–Crippen LogP) is 1.89. The highest BCUT2D eigenvalue weighted by atomic mass is 16.6. The van der Waals surface area contributed by atoms with Crippen LogP contribution in [-0.4, -0.2) is 52.9 Å². The molecule has 1 atom stereocenters. The predicted molar refractivity (Wildman–Crippen MR) is 82.4 cm³/mol. The molecule has 0 bridgehead atoms. The molecule has 7 nitrogen and oxygen atoms in total. The summed E-state index contributed by atoms with van der Waals surface area (Å²) in [6.45, 7) is 3.47. The summed E-state index contributed by atoms with van der Waals surface area (Å²) in [7, 11) is 2.06. The Morgan fingerprint density at radius 3 is 2.73 bits per heavy atom.